The van der Waals surface area contributed by atoms with E-state index < -0.39 is 0 Å². The van der Waals surface area contributed by atoms with Gasteiger partial charge < -0.3 is 5.32 Å². The van der Waals surface area contributed by atoms with Gasteiger partial charge in [0.15, 0.2) is 0 Å². The predicted octanol–water partition coefficient (Wildman–Crippen LogP) is 4.42. The summed E-state index contributed by atoms with van der Waals surface area (Å²) in [6.45, 7) is 5.38. The number of hydrogen-bond donors (Lipinski definition) is 1. The second kappa shape index (κ2) is 8.43. The van der Waals surface area contributed by atoms with Gasteiger partial charge in [0, 0.05) is 11.0 Å². The summed E-state index contributed by atoms with van der Waals surface area (Å²) in [5.41, 5.74) is 0.969. The first-order valence-corrected chi connectivity index (χ1v) is 6.79. The van der Waals surface area contributed by atoms with E-state index in [0.717, 1.165) is 29.4 Å². The lowest BCUT2D eigenvalue weighted by Crippen LogP contribution is -2.15. The van der Waals surface area contributed by atoms with Gasteiger partial charge >= 0.3 is 0 Å². The van der Waals surface area contributed by atoms with Crippen LogP contribution < -0.4 is 5.32 Å². The van der Waals surface area contributed by atoms with Crippen molar-refractivity contribution in [3.63, 3.8) is 0 Å². The minimum absolute atomic E-state index is 0.184. The van der Waals surface area contributed by atoms with Crippen molar-refractivity contribution in [2.45, 2.75) is 32.2 Å². The lowest BCUT2D eigenvalue weighted by Gasteiger charge is -2.07. The van der Waals surface area contributed by atoms with Crippen LogP contribution in [0.4, 0.5) is 4.39 Å². The zero-order valence-electron chi connectivity index (χ0n) is 10.0. The van der Waals surface area contributed by atoms with Crippen molar-refractivity contribution < 1.29 is 4.39 Å². The number of benzene rings is 1. The standard InChI is InChI=1S/C14H19BrFN/c1-2-3-4-5-6-9-17-11-12-10-13(16)7-8-14(12)15/h2,7-8,10,17H,1,3-6,9,11H2. The highest BCUT2D eigenvalue weighted by molar-refractivity contribution is 9.10. The third-order valence-corrected chi connectivity index (χ3v) is 3.36. The minimum Gasteiger partial charge on any atom is -0.313 e. The molecule has 1 aromatic rings. The molecule has 0 unspecified atom stereocenters. The summed E-state index contributed by atoms with van der Waals surface area (Å²) in [6.07, 6.45) is 6.62. The molecule has 0 aliphatic carbocycles. The molecule has 17 heavy (non-hydrogen) atoms. The molecule has 0 bridgehead atoms. The molecule has 0 amide bonds. The van der Waals surface area contributed by atoms with E-state index in [4.69, 9.17) is 0 Å². The number of allylic oxidation sites excluding steroid dienone is 1. The second-order valence-corrected chi connectivity index (χ2v) is 4.90. The van der Waals surface area contributed by atoms with Gasteiger partial charge in [0.1, 0.15) is 5.82 Å². The van der Waals surface area contributed by atoms with Gasteiger partial charge in [0.05, 0.1) is 0 Å². The number of hydrogen-bond acceptors (Lipinski definition) is 1. The van der Waals surface area contributed by atoms with Crippen LogP contribution in [0, 0.1) is 5.82 Å². The highest BCUT2D eigenvalue weighted by Gasteiger charge is 2.00. The van der Waals surface area contributed by atoms with Gasteiger partial charge in [-0.15, -0.1) is 6.58 Å². The molecule has 1 rings (SSSR count). The van der Waals surface area contributed by atoms with Crippen molar-refractivity contribution in [3.05, 3.63) is 46.7 Å². The van der Waals surface area contributed by atoms with Gasteiger partial charge in [-0.25, -0.2) is 4.39 Å². The molecule has 3 heteroatoms. The zero-order valence-corrected chi connectivity index (χ0v) is 11.6. The average Bonchev–Trinajstić information content (AvgIpc) is 2.32. The number of nitrogens with one attached hydrogen (secondary N) is 1. The molecular weight excluding hydrogens is 281 g/mol. The van der Waals surface area contributed by atoms with E-state index in [0.29, 0.717) is 6.54 Å². The summed E-state index contributed by atoms with van der Waals surface area (Å²) in [7, 11) is 0. The molecule has 0 heterocycles. The van der Waals surface area contributed by atoms with Gasteiger partial charge in [-0.2, -0.15) is 0 Å². The first kappa shape index (κ1) is 14.4. The van der Waals surface area contributed by atoms with Crippen molar-refractivity contribution >= 4 is 15.9 Å². The second-order valence-electron chi connectivity index (χ2n) is 4.05. The third-order valence-electron chi connectivity index (χ3n) is 2.59. The fraction of sp³-hybridized carbons (Fsp3) is 0.429. The fourth-order valence-corrected chi connectivity index (χ4v) is 2.00. The van der Waals surface area contributed by atoms with E-state index in [2.05, 4.69) is 27.8 Å². The van der Waals surface area contributed by atoms with E-state index >= 15 is 0 Å². The minimum atomic E-state index is -0.184. The molecule has 0 atom stereocenters. The average molecular weight is 300 g/mol. The highest BCUT2D eigenvalue weighted by atomic mass is 79.9. The van der Waals surface area contributed by atoms with Crippen molar-refractivity contribution in [1.29, 1.82) is 0 Å². The Morgan fingerprint density at radius 3 is 2.88 bits per heavy atom. The van der Waals surface area contributed by atoms with Crippen molar-refractivity contribution in [2.24, 2.45) is 0 Å². The summed E-state index contributed by atoms with van der Waals surface area (Å²) in [5, 5.41) is 3.32. The Labute approximate surface area is 111 Å². The number of rotatable bonds is 8. The van der Waals surface area contributed by atoms with Crippen LogP contribution in [0.15, 0.2) is 35.3 Å². The molecule has 1 N–H and O–H groups in total. The Kier molecular flexibility index (Phi) is 7.13. The summed E-state index contributed by atoms with van der Waals surface area (Å²) in [4.78, 5) is 0. The Bertz CT molecular complexity index is 352. The molecule has 1 nitrogen and oxygen atoms in total. The van der Waals surface area contributed by atoms with Crippen LogP contribution in [-0.2, 0) is 6.54 Å². The van der Waals surface area contributed by atoms with Crippen molar-refractivity contribution in [3.8, 4) is 0 Å². The molecule has 1 aromatic carbocycles. The van der Waals surface area contributed by atoms with Gasteiger partial charge in [-0.1, -0.05) is 28.4 Å². The van der Waals surface area contributed by atoms with Crippen molar-refractivity contribution in [2.75, 3.05) is 6.54 Å². The predicted molar refractivity (Wildman–Crippen MR) is 74.5 cm³/mol. The van der Waals surface area contributed by atoms with Gasteiger partial charge in [-0.3, -0.25) is 0 Å². The fourth-order valence-electron chi connectivity index (χ4n) is 1.62. The molecule has 0 saturated carbocycles. The molecule has 0 aliphatic heterocycles. The maximum Gasteiger partial charge on any atom is 0.123 e. The third kappa shape index (κ3) is 5.99. The summed E-state index contributed by atoms with van der Waals surface area (Å²) in [5.74, 6) is -0.184. The number of halogens is 2. The monoisotopic (exact) mass is 299 g/mol. The Hall–Kier alpha value is -0.670. The van der Waals surface area contributed by atoms with E-state index in [1.165, 1.54) is 18.9 Å². The highest BCUT2D eigenvalue weighted by Crippen LogP contribution is 2.17. The van der Waals surface area contributed by atoms with E-state index in [1.54, 1.807) is 12.1 Å². The van der Waals surface area contributed by atoms with E-state index in [1.807, 2.05) is 6.08 Å². The van der Waals surface area contributed by atoms with Crippen LogP contribution in [0.2, 0.25) is 0 Å². The first-order chi connectivity index (χ1) is 8.24. The molecular formula is C14H19BrFN. The van der Waals surface area contributed by atoms with Crippen LogP contribution in [0.25, 0.3) is 0 Å². The van der Waals surface area contributed by atoms with Gasteiger partial charge in [0.2, 0.25) is 0 Å². The molecule has 94 valence electrons. The Balaban J connectivity index is 2.17. The Morgan fingerprint density at radius 1 is 1.29 bits per heavy atom. The lowest BCUT2D eigenvalue weighted by atomic mass is 10.2. The van der Waals surface area contributed by atoms with Crippen LogP contribution >= 0.6 is 15.9 Å². The molecule has 0 radical (unpaired) electrons. The van der Waals surface area contributed by atoms with Crippen LogP contribution in [-0.4, -0.2) is 6.54 Å². The van der Waals surface area contributed by atoms with Crippen LogP contribution in [0.5, 0.6) is 0 Å². The van der Waals surface area contributed by atoms with Crippen molar-refractivity contribution in [1.82, 2.24) is 5.32 Å². The smallest absolute Gasteiger partial charge is 0.123 e. The quantitative estimate of drug-likeness (QED) is 0.553. The Morgan fingerprint density at radius 2 is 2.12 bits per heavy atom. The summed E-state index contributed by atoms with van der Waals surface area (Å²) in [6, 6.07) is 4.77. The normalized spacial score (nSPS) is 10.5. The maximum atomic E-state index is 13.0. The maximum absolute atomic E-state index is 13.0. The van der Waals surface area contributed by atoms with Crippen LogP contribution in [0.1, 0.15) is 31.2 Å². The first-order valence-electron chi connectivity index (χ1n) is 5.99. The molecule has 0 aliphatic rings. The summed E-state index contributed by atoms with van der Waals surface area (Å²) >= 11 is 3.42. The SMILES string of the molecule is C=CCCCCCNCc1cc(F)ccc1Br. The van der Waals surface area contributed by atoms with E-state index in [-0.39, 0.29) is 5.82 Å². The lowest BCUT2D eigenvalue weighted by molar-refractivity contribution is 0.597. The molecule has 0 saturated heterocycles. The number of unbranched alkanes of at least 4 members (excludes halogenated alkanes) is 3. The van der Waals surface area contributed by atoms with Gasteiger partial charge in [0.25, 0.3) is 0 Å². The zero-order chi connectivity index (χ0) is 12.5. The molecule has 0 fully saturated rings. The van der Waals surface area contributed by atoms with E-state index in [9.17, 15) is 4.39 Å². The van der Waals surface area contributed by atoms with Gasteiger partial charge in [-0.05, 0) is 49.6 Å². The largest absolute Gasteiger partial charge is 0.313 e. The van der Waals surface area contributed by atoms with Crippen LogP contribution in [0.3, 0.4) is 0 Å². The topological polar surface area (TPSA) is 12.0 Å². The molecule has 0 spiro atoms. The summed E-state index contributed by atoms with van der Waals surface area (Å²) < 4.78 is 14.0. The molecule has 0 aromatic heterocycles.